The van der Waals surface area contributed by atoms with Crippen molar-refractivity contribution in [2.75, 3.05) is 19.7 Å². The van der Waals surface area contributed by atoms with Crippen LogP contribution >= 0.6 is 23.2 Å². The number of carboxylic acids is 1. The number of allylic oxidation sites excluding steroid dienone is 4. The molecule has 2 aromatic carbocycles. The van der Waals surface area contributed by atoms with E-state index in [1.807, 2.05) is 31.2 Å². The van der Waals surface area contributed by atoms with Gasteiger partial charge in [-0.2, -0.15) is 13.2 Å². The van der Waals surface area contributed by atoms with Crippen LogP contribution in [0.15, 0.2) is 78.1 Å². The summed E-state index contributed by atoms with van der Waals surface area (Å²) in [6.07, 6.45) is 3.04. The Kier molecular flexibility index (Phi) is 10.3. The third kappa shape index (κ3) is 8.95. The van der Waals surface area contributed by atoms with Crippen LogP contribution in [0.25, 0.3) is 0 Å². The third-order valence-electron chi connectivity index (χ3n) is 5.89. The normalized spacial score (nSPS) is 15.6. The number of aliphatic carboxylic acids is 1. The molecular weight excluding hydrogens is 526 g/mol. The molecule has 0 aliphatic heterocycles. The highest BCUT2D eigenvalue weighted by atomic mass is 35.5. The Bertz CT molecular complexity index is 1190. The Morgan fingerprint density at radius 3 is 2.68 bits per heavy atom. The van der Waals surface area contributed by atoms with Gasteiger partial charge in [-0.05, 0) is 65.8 Å². The molecule has 2 aromatic rings. The highest BCUT2D eigenvalue weighted by Gasteiger charge is 2.34. The first-order valence-corrected chi connectivity index (χ1v) is 12.6. The zero-order valence-electron chi connectivity index (χ0n) is 20.3. The number of carboxylic acid groups (broad SMARTS) is 1. The maximum atomic E-state index is 13.4. The zero-order chi connectivity index (χ0) is 27.0. The minimum absolute atomic E-state index is 0.0666. The van der Waals surface area contributed by atoms with Gasteiger partial charge in [-0.1, -0.05) is 60.5 Å². The number of rotatable bonds is 11. The minimum Gasteiger partial charge on any atom is -0.494 e. The van der Waals surface area contributed by atoms with Crippen LogP contribution in [0.2, 0.25) is 10.0 Å². The first kappa shape index (κ1) is 28.8. The van der Waals surface area contributed by atoms with Gasteiger partial charge in [0.05, 0.1) is 17.2 Å². The van der Waals surface area contributed by atoms with E-state index in [0.717, 1.165) is 17.7 Å². The summed E-state index contributed by atoms with van der Waals surface area (Å²) >= 11 is 12.3. The van der Waals surface area contributed by atoms with Gasteiger partial charge in [-0.25, -0.2) is 4.79 Å². The molecule has 0 heterocycles. The minimum atomic E-state index is -4.53. The van der Waals surface area contributed by atoms with Crippen molar-refractivity contribution in [2.45, 2.75) is 38.4 Å². The average molecular weight is 554 g/mol. The van der Waals surface area contributed by atoms with Crippen molar-refractivity contribution < 1.29 is 27.8 Å². The number of ether oxygens (including phenoxy) is 1. The van der Waals surface area contributed by atoms with Gasteiger partial charge in [-0.15, -0.1) is 0 Å². The van der Waals surface area contributed by atoms with Crippen LogP contribution < -0.4 is 0 Å². The molecule has 37 heavy (non-hydrogen) atoms. The van der Waals surface area contributed by atoms with Gasteiger partial charge in [0.1, 0.15) is 5.76 Å². The number of nitrogens with zero attached hydrogens (tertiary/aromatic N) is 1. The van der Waals surface area contributed by atoms with Crippen molar-refractivity contribution in [3.63, 3.8) is 0 Å². The van der Waals surface area contributed by atoms with Crippen LogP contribution in [0.5, 0.6) is 0 Å². The monoisotopic (exact) mass is 553 g/mol. The van der Waals surface area contributed by atoms with Gasteiger partial charge in [0.15, 0.2) is 0 Å². The smallest absolute Gasteiger partial charge is 0.417 e. The van der Waals surface area contributed by atoms with Crippen molar-refractivity contribution in [1.82, 2.24) is 4.90 Å². The standard InChI is InChI=1S/C28H28Cl2F3NO3/c1-19(21-7-3-9-23(29)16-21)17-34(18-22-8-4-11-25(27(22)30)28(31,32)33)12-5-13-37-24-10-2-6-20(14-24)15-26(35)36/h2-4,7-11,14-16,19H,5-6,12-13,17-18H2,1H3,(H,35,36). The van der Waals surface area contributed by atoms with Crippen molar-refractivity contribution in [3.8, 4) is 0 Å². The highest BCUT2D eigenvalue weighted by Crippen LogP contribution is 2.36. The SMILES string of the molecule is CC(CN(CCCOC1=CC(=CC(=O)O)CC=C1)Cc1cccc(C(F)(F)F)c1Cl)c1cccc(Cl)c1. The van der Waals surface area contributed by atoms with Crippen LogP contribution in [0.4, 0.5) is 13.2 Å². The molecule has 0 bridgehead atoms. The molecule has 3 rings (SSSR count). The molecule has 1 atom stereocenters. The lowest BCUT2D eigenvalue weighted by Crippen LogP contribution is -2.29. The maximum Gasteiger partial charge on any atom is 0.417 e. The summed E-state index contributed by atoms with van der Waals surface area (Å²) < 4.78 is 46.0. The summed E-state index contributed by atoms with van der Waals surface area (Å²) in [5.41, 5.74) is 1.22. The van der Waals surface area contributed by atoms with E-state index in [0.29, 0.717) is 54.5 Å². The van der Waals surface area contributed by atoms with E-state index in [4.69, 9.17) is 33.0 Å². The molecule has 0 saturated carbocycles. The van der Waals surface area contributed by atoms with Crippen LogP contribution in [0.1, 0.15) is 42.4 Å². The van der Waals surface area contributed by atoms with E-state index in [1.54, 1.807) is 24.3 Å². The molecule has 4 nitrogen and oxygen atoms in total. The third-order valence-corrected chi connectivity index (χ3v) is 6.57. The fraction of sp³-hybridized carbons (Fsp3) is 0.321. The molecule has 9 heteroatoms. The van der Waals surface area contributed by atoms with E-state index >= 15 is 0 Å². The first-order chi connectivity index (χ1) is 17.5. The Morgan fingerprint density at radius 2 is 1.97 bits per heavy atom. The van der Waals surface area contributed by atoms with E-state index in [2.05, 4.69) is 4.90 Å². The van der Waals surface area contributed by atoms with Gasteiger partial charge in [0.25, 0.3) is 0 Å². The molecule has 1 aliphatic rings. The maximum absolute atomic E-state index is 13.4. The van der Waals surface area contributed by atoms with Gasteiger partial charge in [0, 0.05) is 30.7 Å². The second-order valence-electron chi connectivity index (χ2n) is 8.88. The van der Waals surface area contributed by atoms with Crippen molar-refractivity contribution in [1.29, 1.82) is 0 Å². The number of benzene rings is 2. The topological polar surface area (TPSA) is 49.8 Å². The number of carbonyl (C=O) groups is 1. The molecule has 1 aliphatic carbocycles. The highest BCUT2D eigenvalue weighted by molar-refractivity contribution is 6.32. The van der Waals surface area contributed by atoms with Crippen LogP contribution in [-0.2, 0) is 22.3 Å². The van der Waals surface area contributed by atoms with E-state index in [9.17, 15) is 18.0 Å². The van der Waals surface area contributed by atoms with Crippen molar-refractivity contribution >= 4 is 29.2 Å². The van der Waals surface area contributed by atoms with Crippen LogP contribution in [0.3, 0.4) is 0 Å². The van der Waals surface area contributed by atoms with Crippen molar-refractivity contribution in [2.24, 2.45) is 0 Å². The van der Waals surface area contributed by atoms with E-state index in [1.165, 1.54) is 6.07 Å². The lowest BCUT2D eigenvalue weighted by atomic mass is 10.00. The van der Waals surface area contributed by atoms with E-state index in [-0.39, 0.29) is 17.5 Å². The molecule has 0 aromatic heterocycles. The fourth-order valence-corrected chi connectivity index (χ4v) is 4.62. The molecule has 1 N–H and O–H groups in total. The molecule has 1 unspecified atom stereocenters. The van der Waals surface area contributed by atoms with Crippen LogP contribution in [-0.4, -0.2) is 35.7 Å². The van der Waals surface area contributed by atoms with Gasteiger partial charge >= 0.3 is 12.1 Å². The molecule has 0 saturated heterocycles. The average Bonchev–Trinajstić information content (AvgIpc) is 2.82. The van der Waals surface area contributed by atoms with Gasteiger partial charge in [0.2, 0.25) is 0 Å². The predicted octanol–water partition coefficient (Wildman–Crippen LogP) is 7.88. The zero-order valence-corrected chi connectivity index (χ0v) is 21.8. The summed E-state index contributed by atoms with van der Waals surface area (Å²) in [7, 11) is 0. The Labute approximate surface area is 224 Å². The lowest BCUT2D eigenvalue weighted by molar-refractivity contribution is -0.137. The quantitative estimate of drug-likeness (QED) is 0.227. The first-order valence-electron chi connectivity index (χ1n) is 11.8. The second kappa shape index (κ2) is 13.2. The Hall–Kier alpha value is -2.74. The Balaban J connectivity index is 1.70. The number of hydrogen-bond acceptors (Lipinski definition) is 3. The molecule has 198 valence electrons. The molecule has 0 fully saturated rings. The van der Waals surface area contributed by atoms with Gasteiger partial charge < -0.3 is 9.84 Å². The molecule has 0 spiro atoms. The molecule has 0 radical (unpaired) electrons. The molecular formula is C28H28Cl2F3NO3. The largest absolute Gasteiger partial charge is 0.494 e. The summed E-state index contributed by atoms with van der Waals surface area (Å²) in [6.45, 7) is 3.75. The van der Waals surface area contributed by atoms with Crippen molar-refractivity contribution in [3.05, 3.63) is 105 Å². The molecule has 0 amide bonds. The Morgan fingerprint density at radius 1 is 1.22 bits per heavy atom. The summed E-state index contributed by atoms with van der Waals surface area (Å²) in [4.78, 5) is 13.0. The van der Waals surface area contributed by atoms with Gasteiger partial charge in [-0.3, -0.25) is 4.90 Å². The summed E-state index contributed by atoms with van der Waals surface area (Å²) in [5, 5.41) is 9.27. The fourth-order valence-electron chi connectivity index (χ4n) is 4.13. The van der Waals surface area contributed by atoms with E-state index < -0.39 is 17.7 Å². The number of hydrogen-bond donors (Lipinski definition) is 1. The number of halogens is 5. The lowest BCUT2D eigenvalue weighted by Gasteiger charge is -2.27. The number of alkyl halides is 3. The van der Waals surface area contributed by atoms with Crippen LogP contribution in [0, 0.1) is 0 Å². The summed E-state index contributed by atoms with van der Waals surface area (Å²) in [6, 6.07) is 11.5. The predicted molar refractivity (Wildman–Crippen MR) is 140 cm³/mol. The second-order valence-corrected chi connectivity index (χ2v) is 9.69. The summed E-state index contributed by atoms with van der Waals surface area (Å²) in [5.74, 6) is -0.381.